The van der Waals surface area contributed by atoms with Gasteiger partial charge < -0.3 is 15.6 Å². The van der Waals surface area contributed by atoms with Gasteiger partial charge in [-0.2, -0.15) is 18.2 Å². The second kappa shape index (κ2) is 8.19. The van der Waals surface area contributed by atoms with E-state index in [1.54, 1.807) is 26.1 Å². The van der Waals surface area contributed by atoms with Crippen LogP contribution in [0, 0.1) is 5.92 Å². The summed E-state index contributed by atoms with van der Waals surface area (Å²) in [5.74, 6) is -0.780. The fourth-order valence-electron chi connectivity index (χ4n) is 2.63. The van der Waals surface area contributed by atoms with Crippen LogP contribution in [0.5, 0.6) is 0 Å². The molecular weight excluding hydrogens is 411 g/mol. The van der Waals surface area contributed by atoms with E-state index < -0.39 is 24.7 Å². The third kappa shape index (κ3) is 5.11. The number of carbonyl (C=O) groups excluding carboxylic acids is 1. The number of rotatable bonds is 6. The first-order valence-corrected chi connectivity index (χ1v) is 8.95. The number of aromatic nitrogens is 5. The molecule has 0 aliphatic carbocycles. The summed E-state index contributed by atoms with van der Waals surface area (Å²) in [6.45, 7) is 1.98. The van der Waals surface area contributed by atoms with Crippen molar-refractivity contribution in [2.24, 2.45) is 5.92 Å². The van der Waals surface area contributed by atoms with E-state index in [2.05, 4.69) is 30.2 Å². The first kappa shape index (κ1) is 20.8. The maximum atomic E-state index is 12.4. The Hall–Kier alpha value is -2.95. The van der Waals surface area contributed by atoms with Crippen molar-refractivity contribution in [3.05, 3.63) is 29.8 Å². The van der Waals surface area contributed by atoms with Crippen molar-refractivity contribution in [2.45, 2.75) is 26.1 Å². The molecule has 12 heteroatoms. The first-order chi connectivity index (χ1) is 13.6. The van der Waals surface area contributed by atoms with Crippen LogP contribution in [0.4, 0.5) is 19.1 Å². The van der Waals surface area contributed by atoms with Gasteiger partial charge in [0.25, 0.3) is 0 Å². The van der Waals surface area contributed by atoms with Gasteiger partial charge in [0.15, 0.2) is 5.82 Å². The minimum atomic E-state index is -4.50. The Morgan fingerprint density at radius 3 is 2.76 bits per heavy atom. The summed E-state index contributed by atoms with van der Waals surface area (Å²) in [5, 5.41) is 5.78. The predicted molar refractivity (Wildman–Crippen MR) is 108 cm³/mol. The number of H-pyrrole nitrogens is 1. The van der Waals surface area contributed by atoms with E-state index in [1.807, 2.05) is 5.32 Å². The molecule has 3 aromatic heterocycles. The van der Waals surface area contributed by atoms with Crippen molar-refractivity contribution in [1.29, 1.82) is 0 Å². The van der Waals surface area contributed by atoms with Gasteiger partial charge in [0.05, 0.1) is 5.02 Å². The van der Waals surface area contributed by atoms with E-state index in [1.165, 1.54) is 12.5 Å². The molecule has 8 nitrogen and oxygen atoms in total. The molecule has 0 fully saturated rings. The average molecular weight is 434 g/mol. The Balaban J connectivity index is 0.00000320. The number of hydrogen-bond acceptors (Lipinski definition) is 6. The normalized spacial score (nSPS) is 12.9. The number of carbonyl (C=O) groups is 1. The topological polar surface area (TPSA) is 108 Å². The third-order valence-electron chi connectivity index (χ3n) is 4.01. The van der Waals surface area contributed by atoms with E-state index in [0.717, 1.165) is 0 Å². The van der Waals surface area contributed by atoms with Crippen LogP contribution in [0.3, 0.4) is 0 Å². The van der Waals surface area contributed by atoms with E-state index in [9.17, 15) is 18.0 Å². The fraction of sp³-hybridized carbons (Fsp3) is 0.353. The minimum absolute atomic E-state index is 0. The summed E-state index contributed by atoms with van der Waals surface area (Å²) in [4.78, 5) is 31.7. The maximum absolute atomic E-state index is 12.4. The number of halogens is 4. The molecule has 160 valence electrons. The molecule has 0 radical (unpaired) electrons. The van der Waals surface area contributed by atoms with Gasteiger partial charge >= 0.3 is 6.18 Å². The van der Waals surface area contributed by atoms with Crippen LogP contribution >= 0.6 is 11.6 Å². The number of nitrogens with one attached hydrogen (secondary N) is 3. The standard InChI is InChI=1S/C17H17ClF3N7O.3H2/c1-8(2)12(15(29)24-6-17(19,20)21)27-16-26-7-25-14(28-16)11-5-23-13-10(11)3-9(18)4-22-13;;;/h3-5,7-8,12H,6H2,1-2H3,(H,22,23)(H,24,29)(H,25,26,27,28);3*1H/t12-;;;/m1.../s1. The molecule has 3 rings (SSSR count). The largest absolute Gasteiger partial charge is 0.405 e. The van der Waals surface area contributed by atoms with Gasteiger partial charge in [-0.1, -0.05) is 25.4 Å². The summed E-state index contributed by atoms with van der Waals surface area (Å²) in [7, 11) is 0. The molecule has 1 atom stereocenters. The Bertz CT molecular complexity index is 1040. The number of pyridine rings is 1. The molecule has 0 aliphatic heterocycles. The highest BCUT2D eigenvalue weighted by atomic mass is 35.5. The van der Waals surface area contributed by atoms with Gasteiger partial charge in [-0.25, -0.2) is 15.0 Å². The SMILES string of the molecule is CC(C)[C@@H](Nc1ncnc(-c2c[nH]c3ncc(Cl)cc23)n1)C(=O)NCC(F)(F)F.[HH].[HH].[HH]. The Morgan fingerprint density at radius 1 is 1.31 bits per heavy atom. The molecule has 3 N–H and O–H groups in total. The van der Waals surface area contributed by atoms with E-state index in [4.69, 9.17) is 11.6 Å². The van der Waals surface area contributed by atoms with Crippen LogP contribution in [0.1, 0.15) is 18.1 Å². The quantitative estimate of drug-likeness (QED) is 0.543. The number of anilines is 1. The number of nitrogens with zero attached hydrogens (tertiary/aromatic N) is 4. The minimum Gasteiger partial charge on any atom is -0.345 e. The lowest BCUT2D eigenvalue weighted by molar-refractivity contribution is -0.139. The first-order valence-electron chi connectivity index (χ1n) is 8.57. The van der Waals surface area contributed by atoms with Gasteiger partial charge in [-0.3, -0.25) is 4.79 Å². The highest BCUT2D eigenvalue weighted by Crippen LogP contribution is 2.27. The van der Waals surface area contributed by atoms with Gasteiger partial charge in [-0.15, -0.1) is 0 Å². The lowest BCUT2D eigenvalue weighted by Crippen LogP contribution is -2.46. The monoisotopic (exact) mass is 433 g/mol. The molecule has 0 saturated heterocycles. The van der Waals surface area contributed by atoms with E-state index in [0.29, 0.717) is 21.6 Å². The van der Waals surface area contributed by atoms with Crippen molar-refractivity contribution in [3.8, 4) is 11.4 Å². The maximum Gasteiger partial charge on any atom is 0.405 e. The highest BCUT2D eigenvalue weighted by molar-refractivity contribution is 6.31. The predicted octanol–water partition coefficient (Wildman–Crippen LogP) is 3.92. The summed E-state index contributed by atoms with van der Waals surface area (Å²) in [6, 6.07) is 0.736. The van der Waals surface area contributed by atoms with Gasteiger partial charge in [0.2, 0.25) is 11.9 Å². The van der Waals surface area contributed by atoms with Crippen molar-refractivity contribution < 1.29 is 22.2 Å². The number of alkyl halides is 3. The third-order valence-corrected chi connectivity index (χ3v) is 4.21. The molecule has 0 spiro atoms. The fourth-order valence-corrected chi connectivity index (χ4v) is 2.79. The van der Waals surface area contributed by atoms with E-state index >= 15 is 0 Å². The van der Waals surface area contributed by atoms with Crippen LogP contribution in [0.25, 0.3) is 22.4 Å². The Kier molecular flexibility index (Phi) is 5.87. The van der Waals surface area contributed by atoms with E-state index in [-0.39, 0.29) is 22.0 Å². The zero-order chi connectivity index (χ0) is 21.2. The van der Waals surface area contributed by atoms with Gasteiger partial charge in [0.1, 0.15) is 24.6 Å². The molecule has 0 unspecified atom stereocenters. The summed E-state index contributed by atoms with van der Waals surface area (Å²) in [5.41, 5.74) is 1.20. The second-order valence-corrected chi connectivity index (χ2v) is 7.02. The Labute approximate surface area is 172 Å². The molecule has 0 saturated carbocycles. The van der Waals surface area contributed by atoms with Crippen LogP contribution in [0.15, 0.2) is 24.8 Å². The Morgan fingerprint density at radius 2 is 2.07 bits per heavy atom. The van der Waals surface area contributed by atoms with Crippen LogP contribution in [-0.2, 0) is 4.79 Å². The smallest absolute Gasteiger partial charge is 0.345 e. The van der Waals surface area contributed by atoms with Crippen molar-refractivity contribution in [1.82, 2.24) is 30.2 Å². The van der Waals surface area contributed by atoms with Crippen molar-refractivity contribution in [2.75, 3.05) is 11.9 Å². The van der Waals surface area contributed by atoms with Crippen LogP contribution < -0.4 is 10.6 Å². The molecule has 29 heavy (non-hydrogen) atoms. The zero-order valence-electron chi connectivity index (χ0n) is 15.4. The van der Waals surface area contributed by atoms with Crippen LogP contribution in [-0.4, -0.2) is 49.6 Å². The summed E-state index contributed by atoms with van der Waals surface area (Å²) >= 11 is 6.00. The lowest BCUT2D eigenvalue weighted by Gasteiger charge is -2.22. The number of amides is 1. The lowest BCUT2D eigenvalue weighted by atomic mass is 10.0. The van der Waals surface area contributed by atoms with Crippen molar-refractivity contribution in [3.63, 3.8) is 0 Å². The summed E-state index contributed by atoms with van der Waals surface area (Å²) in [6.07, 6.45) is -0.102. The molecule has 0 aromatic carbocycles. The molecule has 0 aliphatic rings. The second-order valence-electron chi connectivity index (χ2n) is 6.58. The number of hydrogen-bond donors (Lipinski definition) is 3. The molecule has 0 bridgehead atoms. The molecular formula is C17H23ClF3N7O. The zero-order valence-corrected chi connectivity index (χ0v) is 16.1. The van der Waals surface area contributed by atoms with Gasteiger partial charge in [-0.05, 0) is 12.0 Å². The molecule has 3 heterocycles. The summed E-state index contributed by atoms with van der Waals surface area (Å²) < 4.78 is 37.2. The van der Waals surface area contributed by atoms with Crippen LogP contribution in [0.2, 0.25) is 5.02 Å². The highest BCUT2D eigenvalue weighted by Gasteiger charge is 2.31. The average Bonchev–Trinajstić information content (AvgIpc) is 3.06. The van der Waals surface area contributed by atoms with Gasteiger partial charge in [0, 0.05) is 27.6 Å². The molecule has 3 aromatic rings. The molecule has 1 amide bonds. The van der Waals surface area contributed by atoms with Crippen molar-refractivity contribution >= 4 is 34.5 Å². The number of aromatic amines is 1. The number of fused-ring (bicyclic) bond motifs is 1.